The number of carbonyl (C=O) groups is 1. The number of benzene rings is 1. The van der Waals surface area contributed by atoms with E-state index in [1.165, 1.54) is 12.1 Å². The Labute approximate surface area is 117 Å². The first-order chi connectivity index (χ1) is 9.30. The quantitative estimate of drug-likeness (QED) is 0.914. The van der Waals surface area contributed by atoms with Crippen LogP contribution in [0.5, 0.6) is 0 Å². The lowest BCUT2D eigenvalue weighted by atomic mass is 10.1. The van der Waals surface area contributed by atoms with Crippen LogP contribution >= 0.6 is 0 Å². The van der Waals surface area contributed by atoms with E-state index in [2.05, 4.69) is 5.32 Å². The lowest BCUT2D eigenvalue weighted by Crippen LogP contribution is -2.33. The summed E-state index contributed by atoms with van der Waals surface area (Å²) in [4.78, 5) is 11.4. The van der Waals surface area contributed by atoms with Crippen LogP contribution in [0.3, 0.4) is 0 Å². The third-order valence-corrected chi connectivity index (χ3v) is 2.36. The molecule has 110 valence electrons. The number of rotatable bonds is 4. The van der Waals surface area contributed by atoms with E-state index in [0.29, 0.717) is 18.3 Å². The summed E-state index contributed by atoms with van der Waals surface area (Å²) in [6, 6.07) is 5.78. The van der Waals surface area contributed by atoms with Gasteiger partial charge in [-0.05, 0) is 50.5 Å². The SMILES string of the molecule is CC(C)(C)OC(=O)NCC(=CF)Cc1ccc(F)cc1. The Morgan fingerprint density at radius 3 is 2.40 bits per heavy atom. The van der Waals surface area contributed by atoms with E-state index >= 15 is 0 Å². The summed E-state index contributed by atoms with van der Waals surface area (Å²) in [6.07, 6.45) is 0.142. The summed E-state index contributed by atoms with van der Waals surface area (Å²) >= 11 is 0. The highest BCUT2D eigenvalue weighted by molar-refractivity contribution is 5.68. The molecule has 20 heavy (non-hydrogen) atoms. The molecule has 0 unspecified atom stereocenters. The number of carbonyl (C=O) groups excluding carboxylic acids is 1. The fraction of sp³-hybridized carbons (Fsp3) is 0.400. The number of hydrogen-bond acceptors (Lipinski definition) is 2. The van der Waals surface area contributed by atoms with E-state index in [-0.39, 0.29) is 12.4 Å². The van der Waals surface area contributed by atoms with Crippen molar-refractivity contribution in [2.24, 2.45) is 0 Å². The molecule has 0 heterocycles. The normalized spacial score (nSPS) is 12.2. The summed E-state index contributed by atoms with van der Waals surface area (Å²) < 4.78 is 30.6. The molecule has 0 radical (unpaired) electrons. The van der Waals surface area contributed by atoms with Gasteiger partial charge in [-0.3, -0.25) is 0 Å². The van der Waals surface area contributed by atoms with Crippen LogP contribution in [0.1, 0.15) is 26.3 Å². The Morgan fingerprint density at radius 2 is 1.90 bits per heavy atom. The van der Waals surface area contributed by atoms with Gasteiger partial charge in [-0.2, -0.15) is 0 Å². The van der Waals surface area contributed by atoms with Gasteiger partial charge in [0.2, 0.25) is 0 Å². The zero-order valence-electron chi connectivity index (χ0n) is 11.9. The third kappa shape index (κ3) is 6.31. The minimum atomic E-state index is -0.601. The van der Waals surface area contributed by atoms with Crippen LogP contribution in [-0.2, 0) is 11.2 Å². The van der Waals surface area contributed by atoms with Crippen molar-refractivity contribution < 1.29 is 18.3 Å². The Morgan fingerprint density at radius 1 is 1.30 bits per heavy atom. The Hall–Kier alpha value is -1.91. The molecule has 3 nitrogen and oxygen atoms in total. The van der Waals surface area contributed by atoms with Crippen molar-refractivity contribution >= 4 is 6.09 Å². The fourth-order valence-corrected chi connectivity index (χ4v) is 1.50. The Bertz CT molecular complexity index is 476. The summed E-state index contributed by atoms with van der Waals surface area (Å²) in [5.74, 6) is -0.341. The summed E-state index contributed by atoms with van der Waals surface area (Å²) in [6.45, 7) is 5.29. The molecular formula is C15H19F2NO2. The number of nitrogens with one attached hydrogen (secondary N) is 1. The summed E-state index contributed by atoms with van der Waals surface area (Å²) in [7, 11) is 0. The molecule has 5 heteroatoms. The van der Waals surface area contributed by atoms with Crippen molar-refractivity contribution in [1.29, 1.82) is 0 Å². The van der Waals surface area contributed by atoms with Gasteiger partial charge in [0.1, 0.15) is 11.4 Å². The molecule has 1 aromatic carbocycles. The Balaban J connectivity index is 2.48. The van der Waals surface area contributed by atoms with Crippen LogP contribution < -0.4 is 5.32 Å². The second kappa shape index (κ2) is 7.03. The molecule has 0 aromatic heterocycles. The molecule has 0 aliphatic rings. The minimum Gasteiger partial charge on any atom is -0.444 e. The van der Waals surface area contributed by atoms with Crippen LogP contribution in [-0.4, -0.2) is 18.2 Å². The van der Waals surface area contributed by atoms with Crippen LogP contribution in [0.4, 0.5) is 13.6 Å². The van der Waals surface area contributed by atoms with Gasteiger partial charge in [-0.15, -0.1) is 0 Å². The molecule has 0 atom stereocenters. The molecule has 1 rings (SSSR count). The highest BCUT2D eigenvalue weighted by atomic mass is 19.1. The van der Waals surface area contributed by atoms with Gasteiger partial charge in [0.25, 0.3) is 0 Å². The van der Waals surface area contributed by atoms with E-state index in [9.17, 15) is 13.6 Å². The number of amides is 1. The monoisotopic (exact) mass is 283 g/mol. The maximum absolute atomic E-state index is 12.8. The molecule has 0 aliphatic carbocycles. The topological polar surface area (TPSA) is 38.3 Å². The molecule has 1 aromatic rings. The summed E-state index contributed by atoms with van der Waals surface area (Å²) in [5.41, 5.74) is 0.546. The molecule has 0 saturated carbocycles. The van der Waals surface area contributed by atoms with Gasteiger partial charge in [0, 0.05) is 6.54 Å². The fourth-order valence-electron chi connectivity index (χ4n) is 1.50. The van der Waals surface area contributed by atoms with Crippen LogP contribution in [0.2, 0.25) is 0 Å². The van der Waals surface area contributed by atoms with Gasteiger partial charge in [-0.25, -0.2) is 13.6 Å². The van der Waals surface area contributed by atoms with Gasteiger partial charge in [0.15, 0.2) is 0 Å². The number of alkyl carbamates (subject to hydrolysis) is 1. The van der Waals surface area contributed by atoms with E-state index < -0.39 is 11.7 Å². The maximum Gasteiger partial charge on any atom is 0.407 e. The molecule has 0 fully saturated rings. The molecular weight excluding hydrogens is 264 g/mol. The van der Waals surface area contributed by atoms with Crippen molar-refractivity contribution in [1.82, 2.24) is 5.32 Å². The van der Waals surface area contributed by atoms with Crippen LogP contribution in [0.25, 0.3) is 0 Å². The van der Waals surface area contributed by atoms with Crippen LogP contribution in [0, 0.1) is 5.82 Å². The second-order valence-corrected chi connectivity index (χ2v) is 5.43. The predicted octanol–water partition coefficient (Wildman–Crippen LogP) is 3.75. The van der Waals surface area contributed by atoms with Gasteiger partial charge >= 0.3 is 6.09 Å². The van der Waals surface area contributed by atoms with E-state index in [1.807, 2.05) is 0 Å². The zero-order chi connectivity index (χ0) is 15.2. The van der Waals surface area contributed by atoms with Crippen molar-refractivity contribution in [2.75, 3.05) is 6.54 Å². The van der Waals surface area contributed by atoms with Crippen molar-refractivity contribution in [3.05, 3.63) is 47.5 Å². The van der Waals surface area contributed by atoms with Gasteiger partial charge in [0.05, 0.1) is 6.33 Å². The second-order valence-electron chi connectivity index (χ2n) is 5.43. The van der Waals surface area contributed by atoms with E-state index in [0.717, 1.165) is 5.56 Å². The van der Waals surface area contributed by atoms with Crippen LogP contribution in [0.15, 0.2) is 36.2 Å². The van der Waals surface area contributed by atoms with Crippen molar-refractivity contribution in [3.8, 4) is 0 Å². The predicted molar refractivity (Wildman–Crippen MR) is 73.5 cm³/mol. The molecule has 0 bridgehead atoms. The molecule has 1 N–H and O–H groups in total. The highest BCUT2D eigenvalue weighted by Crippen LogP contribution is 2.10. The minimum absolute atomic E-state index is 0.0444. The number of halogens is 2. The first kappa shape index (κ1) is 16.1. The largest absolute Gasteiger partial charge is 0.444 e. The lowest BCUT2D eigenvalue weighted by molar-refractivity contribution is 0.0532. The smallest absolute Gasteiger partial charge is 0.407 e. The molecule has 0 spiro atoms. The molecule has 1 amide bonds. The third-order valence-electron chi connectivity index (χ3n) is 2.36. The zero-order valence-corrected chi connectivity index (χ0v) is 11.9. The Kier molecular flexibility index (Phi) is 5.67. The van der Waals surface area contributed by atoms with E-state index in [1.54, 1.807) is 32.9 Å². The average molecular weight is 283 g/mol. The van der Waals surface area contributed by atoms with Gasteiger partial charge < -0.3 is 10.1 Å². The van der Waals surface area contributed by atoms with E-state index in [4.69, 9.17) is 4.74 Å². The van der Waals surface area contributed by atoms with Crippen molar-refractivity contribution in [3.63, 3.8) is 0 Å². The summed E-state index contributed by atoms with van der Waals surface area (Å²) in [5, 5.41) is 2.48. The molecule has 0 saturated heterocycles. The van der Waals surface area contributed by atoms with Gasteiger partial charge in [-0.1, -0.05) is 12.1 Å². The first-order valence-corrected chi connectivity index (χ1v) is 6.29. The first-order valence-electron chi connectivity index (χ1n) is 6.29. The lowest BCUT2D eigenvalue weighted by Gasteiger charge is -2.20. The molecule has 0 aliphatic heterocycles. The maximum atomic E-state index is 12.8. The standard InChI is InChI=1S/C15H19F2NO2/c1-15(2,3)20-14(19)18-10-12(9-16)8-11-4-6-13(17)7-5-11/h4-7,9H,8,10H2,1-3H3,(H,18,19). The average Bonchev–Trinajstić information content (AvgIpc) is 2.34. The number of hydrogen-bond donors (Lipinski definition) is 1. The highest BCUT2D eigenvalue weighted by Gasteiger charge is 2.16. The number of ether oxygens (including phenoxy) is 1. The van der Waals surface area contributed by atoms with Crippen molar-refractivity contribution in [2.45, 2.75) is 32.8 Å².